The molecule has 0 saturated carbocycles. The second-order valence-electron chi connectivity index (χ2n) is 5.08. The van der Waals surface area contributed by atoms with E-state index in [0.29, 0.717) is 0 Å². The summed E-state index contributed by atoms with van der Waals surface area (Å²) in [5.74, 6) is 0.104. The van der Waals surface area contributed by atoms with Gasteiger partial charge in [0.05, 0.1) is 0 Å². The van der Waals surface area contributed by atoms with Crippen LogP contribution in [0.25, 0.3) is 0 Å². The summed E-state index contributed by atoms with van der Waals surface area (Å²) in [5.41, 5.74) is -0.151. The van der Waals surface area contributed by atoms with E-state index in [1.165, 1.54) is 19.3 Å². The summed E-state index contributed by atoms with van der Waals surface area (Å²) in [6.07, 6.45) is 10.0. The fourth-order valence-electron chi connectivity index (χ4n) is 2.44. The van der Waals surface area contributed by atoms with E-state index in [2.05, 4.69) is 20.8 Å². The van der Waals surface area contributed by atoms with Crippen LogP contribution in [-0.4, -0.2) is 22.8 Å². The fourth-order valence-corrected chi connectivity index (χ4v) is 3.35. The second-order valence-corrected chi connectivity index (χ2v) is 5.94. The minimum atomic E-state index is -0.151. The summed E-state index contributed by atoms with van der Waals surface area (Å²) in [7, 11) is 0. The molecule has 0 aromatic carbocycles. The Morgan fingerprint density at radius 2 is 1.29 bits per heavy atom. The summed E-state index contributed by atoms with van der Waals surface area (Å²) < 4.78 is 5.26. The van der Waals surface area contributed by atoms with Gasteiger partial charge in [-0.15, -0.1) is 0 Å². The molecule has 0 aliphatic heterocycles. The zero-order valence-corrected chi connectivity index (χ0v) is 16.4. The Morgan fingerprint density at radius 1 is 0.941 bits per heavy atom. The molecule has 0 spiro atoms. The van der Waals surface area contributed by atoms with E-state index < -0.39 is 0 Å². The Labute approximate surface area is 115 Å². The predicted octanol–water partition coefficient (Wildman–Crippen LogP) is 3.37. The molecule has 0 rings (SSSR count). The Balaban J connectivity index is 4.70. The molecule has 0 heterocycles. The van der Waals surface area contributed by atoms with Gasteiger partial charge >= 0.3 is 115 Å². The van der Waals surface area contributed by atoms with Crippen LogP contribution in [0.1, 0.15) is 78.6 Å². The van der Waals surface area contributed by atoms with E-state index in [4.69, 9.17) is 3.76 Å². The zero-order chi connectivity index (χ0) is 13.1. The van der Waals surface area contributed by atoms with Gasteiger partial charge in [-0.3, -0.25) is 0 Å². The average molecular weight is 303 g/mol. The first-order valence-corrected chi connectivity index (χ1v) is 8.96. The van der Waals surface area contributed by atoms with E-state index in [0.717, 1.165) is 38.5 Å². The maximum atomic E-state index is 12.2. The molecule has 0 aliphatic rings. The first kappa shape index (κ1) is 17.0. The van der Waals surface area contributed by atoms with E-state index in [-0.39, 0.29) is 28.2 Å². The molecule has 0 atom stereocenters. The van der Waals surface area contributed by atoms with Gasteiger partial charge < -0.3 is 0 Å². The monoisotopic (exact) mass is 304 g/mol. The van der Waals surface area contributed by atoms with Crippen molar-refractivity contribution >= 4 is 22.8 Å². The first-order valence-electron chi connectivity index (χ1n) is 7.25. The third-order valence-corrected chi connectivity index (χ3v) is 4.42. The summed E-state index contributed by atoms with van der Waals surface area (Å²) >= 11 is 0.181. The quantitative estimate of drug-likeness (QED) is 0.578. The van der Waals surface area contributed by atoms with Crippen LogP contribution in [0.5, 0.6) is 0 Å². The molecule has 0 bridgehead atoms. The molecule has 0 aromatic rings. The van der Waals surface area contributed by atoms with Crippen LogP contribution in [0, 0.1) is 5.41 Å². The van der Waals surface area contributed by atoms with Crippen LogP contribution in [0.2, 0.25) is 0 Å². The van der Waals surface area contributed by atoms with Crippen molar-refractivity contribution < 1.29 is 8.56 Å². The topological polar surface area (TPSA) is 26.3 Å². The number of rotatable bonds is 10. The fraction of sp³-hybridized carbons (Fsp3) is 0.929. The van der Waals surface area contributed by atoms with Gasteiger partial charge in [-0.2, -0.15) is 0 Å². The molecule has 0 unspecified atom stereocenters. The summed E-state index contributed by atoms with van der Waals surface area (Å²) in [6.45, 7) is 6.58. The number of unbranched alkanes of at least 4 members (excludes halogenated alkanes) is 3. The van der Waals surface area contributed by atoms with Crippen molar-refractivity contribution in [3.8, 4) is 0 Å². The number of hydrogen-bond donors (Lipinski definition) is 0. The molecular formula is C14H30GeO2. The van der Waals surface area contributed by atoms with Gasteiger partial charge in [0.2, 0.25) is 0 Å². The molecular weight excluding hydrogens is 273 g/mol. The van der Waals surface area contributed by atoms with Gasteiger partial charge in [0.1, 0.15) is 0 Å². The van der Waals surface area contributed by atoms with Gasteiger partial charge in [0.15, 0.2) is 0 Å². The Bertz CT molecular complexity index is 183. The maximum absolute atomic E-state index is 12.2. The number of carbonyl (C=O) groups excluding carboxylic acids is 1. The third kappa shape index (κ3) is 5.94. The predicted molar refractivity (Wildman–Crippen MR) is 77.0 cm³/mol. The SMILES string of the molecule is CCCCC(CCCC)(CCCC)C(=O)[O][GeH3]. The number of carbonyl (C=O) groups is 1. The molecule has 2 nitrogen and oxygen atoms in total. The summed E-state index contributed by atoms with van der Waals surface area (Å²) in [6, 6.07) is 0. The Kier molecular flexibility index (Phi) is 9.99. The van der Waals surface area contributed by atoms with Crippen molar-refractivity contribution in [3.05, 3.63) is 0 Å². The van der Waals surface area contributed by atoms with E-state index >= 15 is 0 Å². The minimum absolute atomic E-state index is 0.104. The van der Waals surface area contributed by atoms with Crippen molar-refractivity contribution in [2.24, 2.45) is 5.41 Å². The Morgan fingerprint density at radius 3 is 1.53 bits per heavy atom. The van der Waals surface area contributed by atoms with Crippen molar-refractivity contribution in [1.29, 1.82) is 0 Å². The molecule has 3 heteroatoms. The van der Waals surface area contributed by atoms with Crippen LogP contribution in [0.15, 0.2) is 0 Å². The molecule has 17 heavy (non-hydrogen) atoms. The molecule has 0 radical (unpaired) electrons. The van der Waals surface area contributed by atoms with Crippen LogP contribution in [-0.2, 0) is 8.56 Å². The van der Waals surface area contributed by atoms with Crippen LogP contribution >= 0.6 is 0 Å². The van der Waals surface area contributed by atoms with E-state index in [9.17, 15) is 4.79 Å². The third-order valence-electron chi connectivity index (χ3n) is 3.65. The summed E-state index contributed by atoms with van der Waals surface area (Å²) in [4.78, 5) is 12.2. The van der Waals surface area contributed by atoms with Gasteiger partial charge in [0, 0.05) is 0 Å². The van der Waals surface area contributed by atoms with Crippen molar-refractivity contribution in [2.45, 2.75) is 78.6 Å². The molecule has 0 amide bonds. The summed E-state index contributed by atoms with van der Waals surface area (Å²) in [5, 5.41) is 0. The zero-order valence-electron chi connectivity index (χ0n) is 12.2. The van der Waals surface area contributed by atoms with Crippen LogP contribution in [0.3, 0.4) is 0 Å². The van der Waals surface area contributed by atoms with Crippen LogP contribution in [0.4, 0.5) is 0 Å². The van der Waals surface area contributed by atoms with E-state index in [1.54, 1.807) is 0 Å². The normalized spacial score (nSPS) is 11.7. The van der Waals surface area contributed by atoms with Crippen molar-refractivity contribution in [1.82, 2.24) is 0 Å². The van der Waals surface area contributed by atoms with E-state index in [1.807, 2.05) is 0 Å². The molecule has 0 aliphatic carbocycles. The van der Waals surface area contributed by atoms with Gasteiger partial charge in [-0.1, -0.05) is 0 Å². The molecule has 0 fully saturated rings. The van der Waals surface area contributed by atoms with Crippen LogP contribution < -0.4 is 0 Å². The number of hydrogen-bond acceptors (Lipinski definition) is 2. The van der Waals surface area contributed by atoms with Gasteiger partial charge in [-0.05, 0) is 0 Å². The van der Waals surface area contributed by atoms with Crippen molar-refractivity contribution in [2.75, 3.05) is 0 Å². The molecule has 0 N–H and O–H groups in total. The standard InChI is InChI=1S/C14H30GeO2/c1-4-7-10-14(11-8-5-2,12-9-6-3)13(16)17-15/h4-12H2,1-3,15H3. The Hall–Kier alpha value is 0.0129. The molecule has 0 saturated heterocycles. The van der Waals surface area contributed by atoms with Crippen molar-refractivity contribution in [3.63, 3.8) is 0 Å². The molecule has 102 valence electrons. The van der Waals surface area contributed by atoms with Gasteiger partial charge in [-0.25, -0.2) is 0 Å². The average Bonchev–Trinajstić information content (AvgIpc) is 2.37. The van der Waals surface area contributed by atoms with Gasteiger partial charge in [0.25, 0.3) is 0 Å². The first-order chi connectivity index (χ1) is 8.16. The second kappa shape index (κ2) is 9.98. The molecule has 0 aromatic heterocycles.